The molecule has 468 valence electrons. The lowest BCUT2D eigenvalue weighted by Crippen LogP contribution is -2.56. The standard InChI is InChI=1S/C20H23ClN6O4.C16H19BrClN3O4.C15H15ClN6O2.C4H5N3.ClH/c1-19(2,3)31-18(30)26-8-5-20(6-9-26)25-16(28)15-12(21)10-13(17(29)27(15)20)24-14-4-7-22-11-23-14;1-15(2,3)25-14(24)20-6-4-16(5-7-20)19-12(22)11-10(18)8-9(17)13(23)21(11)16;16-9-7-10(20-11-1-4-18-8-19-11)14(24)22-12(9)13(23)21-15(22)2-5-17-6-3-15;5-4-1-2-6-3-7-4;/h4,7,10-11H,5-6,8-9H2,1-3H3,(H,25,28)(H,22,23,24);8H,4-7H2,1-3H3,(H,19,22);1,4,7-8,17H,2-3,5-6H2,(H,21,23)(H,18,19,20);1-3H,(H2,5,6,7);1H. The first-order chi connectivity index (χ1) is 41.1. The number of halogens is 5. The van der Waals surface area contributed by atoms with Crippen LogP contribution in [0.1, 0.15) is 112 Å². The van der Waals surface area contributed by atoms with Crippen molar-refractivity contribution in [3.05, 3.63) is 142 Å². The van der Waals surface area contributed by atoms with E-state index in [2.05, 4.69) is 77.7 Å². The van der Waals surface area contributed by atoms with E-state index >= 15 is 0 Å². The molecule has 6 aliphatic rings. The van der Waals surface area contributed by atoms with E-state index in [1.54, 1.807) is 67.4 Å². The topological polar surface area (TPSA) is 352 Å². The number of hydrogen-bond donors (Lipinski definition) is 7. The van der Waals surface area contributed by atoms with Gasteiger partial charge in [0.2, 0.25) is 0 Å². The molecule has 3 saturated heterocycles. The number of hydrogen-bond acceptors (Lipinski definition) is 20. The number of carbonyl (C=O) groups is 5. The molecule has 12 heterocycles. The monoisotopic (exact) mass is 1350 g/mol. The second-order valence-electron chi connectivity index (χ2n) is 22.8. The summed E-state index contributed by atoms with van der Waals surface area (Å²) in [5.74, 6) is 0.314. The lowest BCUT2D eigenvalue weighted by Gasteiger charge is -2.40. The molecule has 6 aromatic heterocycles. The summed E-state index contributed by atoms with van der Waals surface area (Å²) in [5, 5.41) is 18.5. The summed E-state index contributed by atoms with van der Waals surface area (Å²) in [7, 11) is 0. The molecule has 0 atom stereocenters. The zero-order valence-corrected chi connectivity index (χ0v) is 53.1. The zero-order chi connectivity index (χ0) is 62.8. The predicted molar refractivity (Wildman–Crippen MR) is 332 cm³/mol. The molecule has 6 aliphatic heterocycles. The number of likely N-dealkylation sites (tertiary alicyclic amines) is 2. The summed E-state index contributed by atoms with van der Waals surface area (Å²) < 4.78 is 15.5. The number of fused-ring (bicyclic) bond motifs is 6. The predicted octanol–water partition coefficient (Wildman–Crippen LogP) is 6.45. The molecule has 12 rings (SSSR count). The summed E-state index contributed by atoms with van der Waals surface area (Å²) >= 11 is 22.0. The number of nitrogen functional groups attached to an aromatic ring is 1. The van der Waals surface area contributed by atoms with E-state index in [4.69, 9.17) is 50.0 Å². The summed E-state index contributed by atoms with van der Waals surface area (Å²) in [6.07, 6.45) is 10.8. The van der Waals surface area contributed by atoms with Crippen LogP contribution in [0, 0.1) is 0 Å². The van der Waals surface area contributed by atoms with Crippen molar-refractivity contribution in [2.24, 2.45) is 0 Å². The molecule has 6 aromatic rings. The van der Waals surface area contributed by atoms with Gasteiger partial charge >= 0.3 is 12.2 Å². The van der Waals surface area contributed by atoms with Gasteiger partial charge < -0.3 is 56.9 Å². The minimum Gasteiger partial charge on any atom is -0.444 e. The summed E-state index contributed by atoms with van der Waals surface area (Å²) in [4.78, 5) is 127. The van der Waals surface area contributed by atoms with Gasteiger partial charge in [-0.25, -0.2) is 39.5 Å². The van der Waals surface area contributed by atoms with Crippen LogP contribution in [0.3, 0.4) is 0 Å². The van der Waals surface area contributed by atoms with E-state index in [-0.39, 0.29) is 78.9 Å². The molecule has 8 N–H and O–H groups in total. The van der Waals surface area contributed by atoms with Crippen LogP contribution < -0.4 is 54.3 Å². The largest absolute Gasteiger partial charge is 0.444 e. The average molecular weight is 1360 g/mol. The van der Waals surface area contributed by atoms with Gasteiger partial charge in [-0.2, -0.15) is 0 Å². The van der Waals surface area contributed by atoms with E-state index < -0.39 is 51.8 Å². The molecule has 0 unspecified atom stereocenters. The third-order valence-corrected chi connectivity index (χ3v) is 16.0. The highest BCUT2D eigenvalue weighted by atomic mass is 79.9. The molecule has 0 aromatic carbocycles. The highest BCUT2D eigenvalue weighted by molar-refractivity contribution is 9.10. The molecule has 3 fully saturated rings. The summed E-state index contributed by atoms with van der Waals surface area (Å²) in [6, 6.07) is 9.23. The minimum atomic E-state index is -0.963. The van der Waals surface area contributed by atoms with E-state index in [1.165, 1.54) is 50.9 Å². The summed E-state index contributed by atoms with van der Waals surface area (Å²) in [5.41, 5.74) is 1.43. The van der Waals surface area contributed by atoms with Crippen LogP contribution >= 0.6 is 63.1 Å². The Labute approximate surface area is 532 Å². The van der Waals surface area contributed by atoms with Crippen molar-refractivity contribution >= 4 is 122 Å². The van der Waals surface area contributed by atoms with Gasteiger partial charge in [0, 0.05) is 83.3 Å². The fourth-order valence-electron chi connectivity index (χ4n) is 10.7. The van der Waals surface area contributed by atoms with Gasteiger partial charge in [0.25, 0.3) is 34.4 Å². The van der Waals surface area contributed by atoms with Crippen molar-refractivity contribution in [3.8, 4) is 0 Å². The summed E-state index contributed by atoms with van der Waals surface area (Å²) in [6.45, 7) is 13.6. The lowest BCUT2D eigenvalue weighted by atomic mass is 9.97. The van der Waals surface area contributed by atoms with Crippen molar-refractivity contribution < 1.29 is 33.4 Å². The van der Waals surface area contributed by atoms with E-state index in [9.17, 15) is 38.4 Å². The van der Waals surface area contributed by atoms with E-state index in [1.807, 2.05) is 20.8 Å². The average Bonchev–Trinajstić information content (AvgIpc) is 1.60. The van der Waals surface area contributed by atoms with Crippen molar-refractivity contribution in [1.82, 2.24) is 74.7 Å². The Bertz CT molecular complexity index is 3810. The Hall–Kier alpha value is -7.96. The first-order valence-electron chi connectivity index (χ1n) is 27.4. The van der Waals surface area contributed by atoms with Gasteiger partial charge in [0.15, 0.2) is 0 Å². The Morgan fingerprint density at radius 3 is 1.24 bits per heavy atom. The normalized spacial score (nSPS) is 17.1. The molecular weight excluding hydrogens is 1290 g/mol. The van der Waals surface area contributed by atoms with E-state index in [0.717, 1.165) is 0 Å². The number of rotatable bonds is 4. The zero-order valence-electron chi connectivity index (χ0n) is 48.4. The highest BCUT2D eigenvalue weighted by Crippen LogP contribution is 2.39. The van der Waals surface area contributed by atoms with Crippen LogP contribution in [0.4, 0.5) is 38.4 Å². The van der Waals surface area contributed by atoms with Crippen LogP contribution in [0.2, 0.25) is 15.1 Å². The third-order valence-electron chi connectivity index (χ3n) is 14.6. The maximum Gasteiger partial charge on any atom is 0.410 e. The van der Waals surface area contributed by atoms with E-state index in [0.29, 0.717) is 99.7 Å². The van der Waals surface area contributed by atoms with Crippen molar-refractivity contribution in [3.63, 3.8) is 0 Å². The molecule has 88 heavy (non-hydrogen) atoms. The van der Waals surface area contributed by atoms with Gasteiger partial charge in [-0.1, -0.05) is 34.8 Å². The number of ether oxygens (including phenoxy) is 2. The Kier molecular flexibility index (Phi) is 19.8. The van der Waals surface area contributed by atoms with Gasteiger partial charge in [0.05, 0.1) is 19.5 Å². The van der Waals surface area contributed by atoms with Gasteiger partial charge in [0.1, 0.15) is 93.1 Å². The fourth-order valence-corrected chi connectivity index (χ4v) is 12.1. The van der Waals surface area contributed by atoms with Crippen molar-refractivity contribution in [1.29, 1.82) is 0 Å². The number of nitrogens with zero attached hydrogens (tertiary/aromatic N) is 11. The molecule has 0 aliphatic carbocycles. The third kappa shape index (κ3) is 14.1. The first-order valence-corrected chi connectivity index (χ1v) is 29.3. The van der Waals surface area contributed by atoms with Crippen LogP contribution in [0.15, 0.2) is 92.8 Å². The smallest absolute Gasteiger partial charge is 0.410 e. The van der Waals surface area contributed by atoms with Crippen LogP contribution in [-0.4, -0.2) is 134 Å². The Morgan fingerprint density at radius 2 is 0.909 bits per heavy atom. The molecule has 28 nitrogen and oxygen atoms in total. The highest BCUT2D eigenvalue weighted by Gasteiger charge is 2.50. The molecule has 5 amide bonds. The number of amides is 5. The molecule has 0 bridgehead atoms. The SMILES string of the molecule is CC(C)(C)OC(=O)N1CCC2(CC1)NC(=O)c1c(Cl)cc(Br)c(=O)n12.CC(C)(C)OC(=O)N1CCC2(CC1)NC(=O)c1c(Cl)cc(Nc3ccncn3)c(=O)n12.Cl.Nc1ccncn1.O=C1NC2(CCNCC2)n2c1c(Cl)cc(Nc1ccncn1)c2=O. The van der Waals surface area contributed by atoms with Crippen molar-refractivity contribution in [2.45, 2.75) is 108 Å². The number of nitrogens with two attached hydrogens (primary N) is 1. The first kappa shape index (κ1) is 66.0. The number of pyridine rings is 3. The van der Waals surface area contributed by atoms with Gasteiger partial charge in [-0.3, -0.25) is 42.5 Å². The fraction of sp³-hybridized carbons (Fsp3) is 0.418. The lowest BCUT2D eigenvalue weighted by molar-refractivity contribution is 0.00821. The number of aromatic nitrogens is 9. The second-order valence-corrected chi connectivity index (χ2v) is 24.9. The Morgan fingerprint density at radius 1 is 0.557 bits per heavy atom. The van der Waals surface area contributed by atoms with Gasteiger partial charge in [-0.05, 0) is 107 Å². The van der Waals surface area contributed by atoms with Gasteiger partial charge in [-0.15, -0.1) is 12.4 Å². The number of piperidine rings is 3. The van der Waals surface area contributed by atoms with Crippen molar-refractivity contribution in [2.75, 3.05) is 55.6 Å². The molecular formula is C55H63BrCl4N18O10. The molecule has 0 saturated carbocycles. The van der Waals surface area contributed by atoms with Crippen LogP contribution in [-0.2, 0) is 26.5 Å². The molecule has 3 spiro atoms. The minimum absolute atomic E-state index is 0. The maximum absolute atomic E-state index is 13.3. The number of anilines is 5. The van der Waals surface area contributed by atoms with Crippen LogP contribution in [0.25, 0.3) is 0 Å². The molecule has 33 heteroatoms. The second kappa shape index (κ2) is 26.4. The van der Waals surface area contributed by atoms with Crippen LogP contribution in [0.5, 0.6) is 0 Å². The maximum atomic E-state index is 13.3. The number of carbonyl (C=O) groups excluding carboxylic acids is 5. The molecule has 0 radical (unpaired) electrons. The Balaban J connectivity index is 0.000000162. The number of nitrogens with one attached hydrogen (secondary N) is 6. The quantitative estimate of drug-likeness (QED) is 0.0997.